The zero-order valence-corrected chi connectivity index (χ0v) is 11.6. The lowest BCUT2D eigenvalue weighted by atomic mass is 10.1. The van der Waals surface area contributed by atoms with Crippen LogP contribution in [0.4, 0.5) is 11.6 Å². The first kappa shape index (κ1) is 13.7. The zero-order valence-electron chi connectivity index (χ0n) is 11.6. The molecule has 0 aromatic carbocycles. The summed E-state index contributed by atoms with van der Waals surface area (Å²) in [6.07, 6.45) is 3.71. The van der Waals surface area contributed by atoms with Gasteiger partial charge in [-0.05, 0) is 26.7 Å². The summed E-state index contributed by atoms with van der Waals surface area (Å²) in [6, 6.07) is 0.505. The second kappa shape index (κ2) is 6.42. The average molecular weight is 236 g/mol. The van der Waals surface area contributed by atoms with Crippen LogP contribution in [0.1, 0.15) is 39.7 Å². The molecule has 1 heterocycles. The van der Waals surface area contributed by atoms with Gasteiger partial charge in [0.25, 0.3) is 0 Å². The maximum Gasteiger partial charge on any atom is 0.137 e. The van der Waals surface area contributed by atoms with Crippen molar-refractivity contribution in [2.45, 2.75) is 46.6 Å². The number of nitrogens with one attached hydrogen (secondary N) is 1. The summed E-state index contributed by atoms with van der Waals surface area (Å²) < 4.78 is 0. The number of nitrogens with zero attached hydrogens (tertiary/aromatic N) is 3. The van der Waals surface area contributed by atoms with Gasteiger partial charge < -0.3 is 10.2 Å². The summed E-state index contributed by atoms with van der Waals surface area (Å²) in [4.78, 5) is 11.1. The van der Waals surface area contributed by atoms with Gasteiger partial charge in [0, 0.05) is 25.2 Å². The Kier molecular flexibility index (Phi) is 5.19. The summed E-state index contributed by atoms with van der Waals surface area (Å²) in [6.45, 7) is 9.74. The summed E-state index contributed by atoms with van der Waals surface area (Å²) in [5.41, 5.74) is 1.21. The Morgan fingerprint density at radius 1 is 1.29 bits per heavy atom. The molecule has 1 unspecified atom stereocenters. The molecule has 0 saturated carbocycles. The van der Waals surface area contributed by atoms with Crippen LogP contribution in [-0.2, 0) is 6.42 Å². The van der Waals surface area contributed by atoms with Gasteiger partial charge in [0.2, 0.25) is 0 Å². The van der Waals surface area contributed by atoms with Gasteiger partial charge in [-0.25, -0.2) is 9.97 Å². The highest BCUT2D eigenvalue weighted by molar-refractivity contribution is 5.58. The Morgan fingerprint density at radius 2 is 2.00 bits per heavy atom. The smallest absolute Gasteiger partial charge is 0.137 e. The van der Waals surface area contributed by atoms with E-state index in [1.165, 1.54) is 5.56 Å². The molecule has 0 aliphatic heterocycles. The molecule has 0 amide bonds. The van der Waals surface area contributed by atoms with Crippen molar-refractivity contribution in [1.29, 1.82) is 0 Å². The van der Waals surface area contributed by atoms with E-state index in [0.29, 0.717) is 6.04 Å². The molecular weight excluding hydrogens is 212 g/mol. The fourth-order valence-corrected chi connectivity index (χ4v) is 2.08. The third-order valence-electron chi connectivity index (χ3n) is 3.25. The predicted octanol–water partition coefficient (Wildman–Crippen LogP) is 2.71. The minimum atomic E-state index is 0.505. The highest BCUT2D eigenvalue weighted by Gasteiger charge is 2.17. The largest absolute Gasteiger partial charge is 0.373 e. The second-order valence-corrected chi connectivity index (χ2v) is 4.17. The lowest BCUT2D eigenvalue weighted by molar-refractivity contribution is 0.619. The number of rotatable bonds is 6. The number of hydrogen-bond donors (Lipinski definition) is 1. The van der Waals surface area contributed by atoms with E-state index in [9.17, 15) is 0 Å². The van der Waals surface area contributed by atoms with Crippen molar-refractivity contribution in [3.8, 4) is 0 Å². The quantitative estimate of drug-likeness (QED) is 0.824. The fourth-order valence-electron chi connectivity index (χ4n) is 2.08. The van der Waals surface area contributed by atoms with E-state index in [1.54, 1.807) is 6.33 Å². The lowest BCUT2D eigenvalue weighted by Gasteiger charge is -2.30. The Hall–Kier alpha value is -1.32. The Balaban J connectivity index is 3.18. The topological polar surface area (TPSA) is 41.1 Å². The highest BCUT2D eigenvalue weighted by atomic mass is 15.2. The first-order chi connectivity index (χ1) is 8.19. The van der Waals surface area contributed by atoms with Gasteiger partial charge in [-0.2, -0.15) is 0 Å². The van der Waals surface area contributed by atoms with Crippen molar-refractivity contribution in [3.05, 3.63) is 11.9 Å². The van der Waals surface area contributed by atoms with Crippen LogP contribution in [0.25, 0.3) is 0 Å². The maximum absolute atomic E-state index is 4.47. The maximum atomic E-state index is 4.47. The molecule has 4 heteroatoms. The van der Waals surface area contributed by atoms with Gasteiger partial charge in [0.15, 0.2) is 0 Å². The highest BCUT2D eigenvalue weighted by Crippen LogP contribution is 2.25. The van der Waals surface area contributed by atoms with Crippen LogP contribution in [0.3, 0.4) is 0 Å². The van der Waals surface area contributed by atoms with Crippen LogP contribution < -0.4 is 10.2 Å². The van der Waals surface area contributed by atoms with E-state index in [2.05, 4.69) is 47.9 Å². The van der Waals surface area contributed by atoms with E-state index in [-0.39, 0.29) is 0 Å². The average Bonchev–Trinajstić information content (AvgIpc) is 2.38. The van der Waals surface area contributed by atoms with Gasteiger partial charge in [-0.1, -0.05) is 13.8 Å². The molecule has 0 saturated heterocycles. The summed E-state index contributed by atoms with van der Waals surface area (Å²) in [5, 5.41) is 3.15. The van der Waals surface area contributed by atoms with Crippen LogP contribution in [0.2, 0.25) is 0 Å². The molecule has 17 heavy (non-hydrogen) atoms. The molecule has 1 rings (SSSR count). The van der Waals surface area contributed by atoms with E-state index < -0.39 is 0 Å². The molecule has 0 aliphatic carbocycles. The van der Waals surface area contributed by atoms with Crippen molar-refractivity contribution in [2.75, 3.05) is 23.8 Å². The molecular formula is C13H24N4. The SMILES string of the molecule is CCc1c(NC)ncnc1N(CC)C(C)CC. The van der Waals surface area contributed by atoms with Crippen LogP contribution in [0.5, 0.6) is 0 Å². The number of anilines is 2. The molecule has 0 spiro atoms. The van der Waals surface area contributed by atoms with Crippen molar-refractivity contribution in [2.24, 2.45) is 0 Å². The predicted molar refractivity (Wildman–Crippen MR) is 73.7 cm³/mol. The third kappa shape index (κ3) is 2.87. The molecule has 1 aromatic heterocycles. The van der Waals surface area contributed by atoms with Gasteiger partial charge in [-0.3, -0.25) is 0 Å². The van der Waals surface area contributed by atoms with E-state index in [1.807, 2.05) is 7.05 Å². The van der Waals surface area contributed by atoms with Crippen LogP contribution in [-0.4, -0.2) is 29.6 Å². The normalized spacial score (nSPS) is 12.3. The van der Waals surface area contributed by atoms with E-state index >= 15 is 0 Å². The molecule has 1 N–H and O–H groups in total. The molecule has 0 radical (unpaired) electrons. The van der Waals surface area contributed by atoms with Gasteiger partial charge in [0.1, 0.15) is 18.0 Å². The standard InChI is InChI=1S/C13H24N4/c1-6-10(4)17(8-3)13-11(7-2)12(14-5)15-9-16-13/h9-10H,6-8H2,1-5H3,(H,14,15,16). The van der Waals surface area contributed by atoms with Gasteiger partial charge in [0.05, 0.1) is 0 Å². The van der Waals surface area contributed by atoms with Crippen molar-refractivity contribution >= 4 is 11.6 Å². The summed E-state index contributed by atoms with van der Waals surface area (Å²) in [7, 11) is 1.91. The van der Waals surface area contributed by atoms with Crippen molar-refractivity contribution in [3.63, 3.8) is 0 Å². The number of hydrogen-bond acceptors (Lipinski definition) is 4. The molecule has 0 bridgehead atoms. The Morgan fingerprint density at radius 3 is 2.47 bits per heavy atom. The van der Waals surface area contributed by atoms with Crippen molar-refractivity contribution in [1.82, 2.24) is 9.97 Å². The fraction of sp³-hybridized carbons (Fsp3) is 0.692. The Bertz CT molecular complexity index is 351. The lowest BCUT2D eigenvalue weighted by Crippen LogP contribution is -2.34. The monoisotopic (exact) mass is 236 g/mol. The van der Waals surface area contributed by atoms with Crippen molar-refractivity contribution < 1.29 is 0 Å². The summed E-state index contributed by atoms with van der Waals surface area (Å²) >= 11 is 0. The van der Waals surface area contributed by atoms with Crippen LogP contribution in [0.15, 0.2) is 6.33 Å². The van der Waals surface area contributed by atoms with E-state index in [4.69, 9.17) is 0 Å². The molecule has 1 aromatic rings. The first-order valence-corrected chi connectivity index (χ1v) is 6.47. The van der Waals surface area contributed by atoms with Crippen LogP contribution >= 0.6 is 0 Å². The minimum Gasteiger partial charge on any atom is -0.373 e. The third-order valence-corrected chi connectivity index (χ3v) is 3.25. The van der Waals surface area contributed by atoms with E-state index in [0.717, 1.165) is 31.0 Å². The van der Waals surface area contributed by atoms with Gasteiger partial charge >= 0.3 is 0 Å². The zero-order chi connectivity index (χ0) is 12.8. The molecule has 0 aliphatic rings. The molecule has 4 nitrogen and oxygen atoms in total. The first-order valence-electron chi connectivity index (χ1n) is 6.47. The van der Waals surface area contributed by atoms with Gasteiger partial charge in [-0.15, -0.1) is 0 Å². The summed E-state index contributed by atoms with van der Waals surface area (Å²) in [5.74, 6) is 2.02. The molecule has 96 valence electrons. The molecule has 1 atom stereocenters. The van der Waals surface area contributed by atoms with Crippen LogP contribution in [0, 0.1) is 0 Å². The second-order valence-electron chi connectivity index (χ2n) is 4.17. The Labute approximate surface area is 104 Å². The minimum absolute atomic E-state index is 0.505. The number of aromatic nitrogens is 2. The molecule has 0 fully saturated rings.